The standard InChI is InChI=1S/C26H26N2O4S/c1-18-7-10-22(11-8-18)33(31,32)27-21-9-12-25(24(17-21)26(29)30)28-15-13-20(14-16-28)23-6-4-3-5-19(23)2/h3-13,17,27H,14-16H2,1-2H3,(H,29,30). The van der Waals surface area contributed by atoms with Crippen LogP contribution in [0.2, 0.25) is 0 Å². The Labute approximate surface area is 194 Å². The molecule has 0 unspecified atom stereocenters. The number of carboxylic acid groups (broad SMARTS) is 1. The fourth-order valence-electron chi connectivity index (χ4n) is 4.04. The van der Waals surface area contributed by atoms with Crippen LogP contribution in [0, 0.1) is 13.8 Å². The third kappa shape index (κ3) is 4.93. The zero-order chi connectivity index (χ0) is 23.6. The number of hydrogen-bond acceptors (Lipinski definition) is 4. The number of benzene rings is 3. The number of rotatable bonds is 6. The molecule has 0 spiro atoms. The second kappa shape index (κ2) is 9.11. The van der Waals surface area contributed by atoms with E-state index in [9.17, 15) is 18.3 Å². The van der Waals surface area contributed by atoms with Crippen molar-refractivity contribution in [3.8, 4) is 0 Å². The van der Waals surface area contributed by atoms with Crippen molar-refractivity contribution in [2.75, 3.05) is 22.7 Å². The average Bonchev–Trinajstić information content (AvgIpc) is 2.79. The van der Waals surface area contributed by atoms with Crippen molar-refractivity contribution in [3.63, 3.8) is 0 Å². The lowest BCUT2D eigenvalue weighted by Gasteiger charge is -2.30. The van der Waals surface area contributed by atoms with Gasteiger partial charge in [0.15, 0.2) is 0 Å². The molecule has 0 fully saturated rings. The van der Waals surface area contributed by atoms with E-state index in [1.54, 1.807) is 24.3 Å². The Balaban J connectivity index is 1.58. The van der Waals surface area contributed by atoms with E-state index in [-0.39, 0.29) is 16.1 Å². The molecule has 0 amide bonds. The molecule has 0 bridgehead atoms. The smallest absolute Gasteiger partial charge is 0.337 e. The van der Waals surface area contributed by atoms with Crippen molar-refractivity contribution in [3.05, 3.63) is 95.1 Å². The predicted molar refractivity (Wildman–Crippen MR) is 131 cm³/mol. The van der Waals surface area contributed by atoms with Crippen LogP contribution < -0.4 is 9.62 Å². The van der Waals surface area contributed by atoms with Crippen molar-refractivity contribution in [2.45, 2.75) is 25.2 Å². The Morgan fingerprint density at radius 3 is 2.36 bits per heavy atom. The van der Waals surface area contributed by atoms with Crippen molar-refractivity contribution < 1.29 is 18.3 Å². The number of anilines is 2. The largest absolute Gasteiger partial charge is 0.478 e. The highest BCUT2D eigenvalue weighted by atomic mass is 32.2. The molecule has 3 aromatic carbocycles. The van der Waals surface area contributed by atoms with Crippen LogP contribution in [0.1, 0.15) is 33.5 Å². The molecule has 1 aliphatic heterocycles. The molecule has 0 saturated heterocycles. The van der Waals surface area contributed by atoms with Crippen LogP contribution >= 0.6 is 0 Å². The lowest BCUT2D eigenvalue weighted by atomic mass is 9.95. The first-order valence-corrected chi connectivity index (χ1v) is 12.2. The summed E-state index contributed by atoms with van der Waals surface area (Å²) >= 11 is 0. The molecule has 2 N–H and O–H groups in total. The third-order valence-electron chi connectivity index (χ3n) is 5.85. The molecule has 7 heteroatoms. The molecular formula is C26H26N2O4S. The summed E-state index contributed by atoms with van der Waals surface area (Å²) in [5.41, 5.74) is 5.49. The van der Waals surface area contributed by atoms with Crippen LogP contribution in [0.15, 0.2) is 77.7 Å². The zero-order valence-corrected chi connectivity index (χ0v) is 19.4. The fraction of sp³-hybridized carbons (Fsp3) is 0.192. The van der Waals surface area contributed by atoms with Gasteiger partial charge in [0, 0.05) is 18.8 Å². The van der Waals surface area contributed by atoms with Crippen LogP contribution in [0.5, 0.6) is 0 Å². The van der Waals surface area contributed by atoms with Gasteiger partial charge in [-0.25, -0.2) is 13.2 Å². The highest BCUT2D eigenvalue weighted by Gasteiger charge is 2.21. The van der Waals surface area contributed by atoms with E-state index in [1.165, 1.54) is 34.9 Å². The van der Waals surface area contributed by atoms with Gasteiger partial charge in [-0.15, -0.1) is 0 Å². The molecule has 3 aromatic rings. The van der Waals surface area contributed by atoms with Crippen molar-refractivity contribution in [2.24, 2.45) is 0 Å². The summed E-state index contributed by atoms with van der Waals surface area (Å²) in [6.45, 7) is 5.22. The highest BCUT2D eigenvalue weighted by molar-refractivity contribution is 7.92. The minimum absolute atomic E-state index is 0.0619. The summed E-state index contributed by atoms with van der Waals surface area (Å²) < 4.78 is 27.9. The summed E-state index contributed by atoms with van der Waals surface area (Å²) in [6.07, 6.45) is 2.93. The number of aromatic carboxylic acids is 1. The molecular weight excluding hydrogens is 436 g/mol. The Bertz CT molecular complexity index is 1330. The topological polar surface area (TPSA) is 86.7 Å². The number of sulfonamides is 1. The Hall–Kier alpha value is -3.58. The van der Waals surface area contributed by atoms with Crippen molar-refractivity contribution in [1.29, 1.82) is 0 Å². The first kappa shape index (κ1) is 22.6. The van der Waals surface area contributed by atoms with E-state index in [4.69, 9.17) is 0 Å². The molecule has 0 aromatic heterocycles. The second-order valence-electron chi connectivity index (χ2n) is 8.20. The van der Waals surface area contributed by atoms with Gasteiger partial charge in [-0.2, -0.15) is 0 Å². The Morgan fingerprint density at radius 1 is 1.00 bits per heavy atom. The maximum absolute atomic E-state index is 12.7. The number of nitrogens with one attached hydrogen (secondary N) is 1. The van der Waals surface area contributed by atoms with Gasteiger partial charge in [-0.1, -0.05) is 48.0 Å². The predicted octanol–water partition coefficient (Wildman–Crippen LogP) is 5.10. The van der Waals surface area contributed by atoms with E-state index < -0.39 is 16.0 Å². The Morgan fingerprint density at radius 2 is 1.73 bits per heavy atom. The van der Waals surface area contributed by atoms with E-state index >= 15 is 0 Å². The third-order valence-corrected chi connectivity index (χ3v) is 7.25. The van der Waals surface area contributed by atoms with E-state index in [1.807, 2.05) is 24.0 Å². The number of carbonyl (C=O) groups is 1. The zero-order valence-electron chi connectivity index (χ0n) is 18.6. The summed E-state index contributed by atoms with van der Waals surface area (Å²) in [5, 5.41) is 9.81. The molecule has 1 aliphatic rings. The number of hydrogen-bond donors (Lipinski definition) is 2. The molecule has 1 heterocycles. The molecule has 0 aliphatic carbocycles. The Kier molecular flexibility index (Phi) is 6.24. The number of carboxylic acids is 1. The molecule has 170 valence electrons. The second-order valence-corrected chi connectivity index (χ2v) is 9.88. The van der Waals surface area contributed by atoms with Gasteiger partial charge in [0.05, 0.1) is 16.1 Å². The van der Waals surface area contributed by atoms with E-state index in [2.05, 4.69) is 29.9 Å². The molecule has 0 saturated carbocycles. The number of aryl methyl sites for hydroxylation is 2. The first-order valence-electron chi connectivity index (χ1n) is 10.7. The monoisotopic (exact) mass is 462 g/mol. The fourth-order valence-corrected chi connectivity index (χ4v) is 5.09. The molecule has 33 heavy (non-hydrogen) atoms. The molecule has 4 rings (SSSR count). The highest BCUT2D eigenvalue weighted by Crippen LogP contribution is 2.31. The van der Waals surface area contributed by atoms with Crippen LogP contribution in [-0.2, 0) is 10.0 Å². The summed E-state index contributed by atoms with van der Waals surface area (Å²) in [7, 11) is -3.82. The lowest BCUT2D eigenvalue weighted by molar-refractivity contribution is 0.0697. The van der Waals surface area contributed by atoms with Crippen LogP contribution in [-0.4, -0.2) is 32.6 Å². The van der Waals surface area contributed by atoms with Crippen LogP contribution in [0.3, 0.4) is 0 Å². The summed E-state index contributed by atoms with van der Waals surface area (Å²) in [4.78, 5) is 14.1. The minimum Gasteiger partial charge on any atom is -0.478 e. The molecule has 0 radical (unpaired) electrons. The van der Waals surface area contributed by atoms with E-state index in [0.29, 0.717) is 18.8 Å². The maximum atomic E-state index is 12.7. The van der Waals surface area contributed by atoms with Gasteiger partial charge in [-0.05, 0) is 67.3 Å². The average molecular weight is 463 g/mol. The lowest BCUT2D eigenvalue weighted by Crippen LogP contribution is -2.30. The van der Waals surface area contributed by atoms with Gasteiger partial charge in [0.25, 0.3) is 10.0 Å². The quantitative estimate of drug-likeness (QED) is 0.532. The summed E-state index contributed by atoms with van der Waals surface area (Å²) in [6, 6.07) is 19.4. The van der Waals surface area contributed by atoms with E-state index in [0.717, 1.165) is 12.0 Å². The van der Waals surface area contributed by atoms with Crippen LogP contribution in [0.4, 0.5) is 11.4 Å². The minimum atomic E-state index is -3.82. The summed E-state index contributed by atoms with van der Waals surface area (Å²) in [5.74, 6) is -1.10. The van der Waals surface area contributed by atoms with Gasteiger partial charge in [0.2, 0.25) is 0 Å². The first-order chi connectivity index (χ1) is 15.7. The normalized spacial score (nSPS) is 14.0. The number of nitrogens with zero attached hydrogens (tertiary/aromatic N) is 1. The molecule has 6 nitrogen and oxygen atoms in total. The maximum Gasteiger partial charge on any atom is 0.337 e. The SMILES string of the molecule is Cc1ccc(S(=O)(=O)Nc2ccc(N3CC=C(c4ccccc4C)CC3)c(C(=O)O)c2)cc1. The van der Waals surface area contributed by atoms with Gasteiger partial charge >= 0.3 is 5.97 Å². The van der Waals surface area contributed by atoms with Gasteiger partial charge in [-0.3, -0.25) is 4.72 Å². The van der Waals surface area contributed by atoms with Crippen LogP contribution in [0.25, 0.3) is 5.57 Å². The van der Waals surface area contributed by atoms with Gasteiger partial charge < -0.3 is 10.0 Å². The van der Waals surface area contributed by atoms with Gasteiger partial charge in [0.1, 0.15) is 0 Å². The van der Waals surface area contributed by atoms with Crippen molar-refractivity contribution in [1.82, 2.24) is 0 Å². The molecule has 0 atom stereocenters. The van der Waals surface area contributed by atoms with Crippen molar-refractivity contribution >= 4 is 32.9 Å².